The van der Waals surface area contributed by atoms with E-state index in [9.17, 15) is 13.2 Å². The van der Waals surface area contributed by atoms with Gasteiger partial charge in [0.05, 0.1) is 4.90 Å². The molecule has 1 aliphatic heterocycles. The maximum absolute atomic E-state index is 12.8. The summed E-state index contributed by atoms with van der Waals surface area (Å²) in [6.45, 7) is 1.18. The lowest BCUT2D eigenvalue weighted by atomic mass is 10.2. The molecule has 1 aromatic heterocycles. The molecule has 0 amide bonds. The summed E-state index contributed by atoms with van der Waals surface area (Å²) in [6, 6.07) is 7.44. The fourth-order valence-corrected chi connectivity index (χ4v) is 4.64. The van der Waals surface area contributed by atoms with Gasteiger partial charge in [-0.1, -0.05) is 0 Å². The van der Waals surface area contributed by atoms with Crippen molar-refractivity contribution in [1.29, 1.82) is 0 Å². The third-order valence-corrected chi connectivity index (χ3v) is 5.91. The molecule has 1 aromatic carbocycles. The number of benzene rings is 1. The van der Waals surface area contributed by atoms with Gasteiger partial charge in [-0.15, -0.1) is 0 Å². The lowest BCUT2D eigenvalue weighted by Gasteiger charge is -2.24. The van der Waals surface area contributed by atoms with E-state index < -0.39 is 15.6 Å². The molecule has 2 heterocycles. The van der Waals surface area contributed by atoms with Crippen LogP contribution in [0.4, 0.5) is 0 Å². The predicted molar refractivity (Wildman–Crippen MR) is 83.3 cm³/mol. The first-order valence-electron chi connectivity index (χ1n) is 7.23. The summed E-state index contributed by atoms with van der Waals surface area (Å²) >= 11 is 0. The number of nitrogens with zero attached hydrogens (tertiary/aromatic N) is 1. The summed E-state index contributed by atoms with van der Waals surface area (Å²) < 4.78 is 32.3. The third-order valence-electron chi connectivity index (χ3n) is 3.96. The van der Waals surface area contributed by atoms with Crippen LogP contribution < -0.4 is 10.9 Å². The van der Waals surface area contributed by atoms with E-state index in [2.05, 4.69) is 5.32 Å². The van der Waals surface area contributed by atoms with Crippen molar-refractivity contribution in [2.45, 2.75) is 23.8 Å². The van der Waals surface area contributed by atoms with Gasteiger partial charge in [0.1, 0.15) is 5.58 Å². The molecule has 0 saturated carbocycles. The normalized spacial score (nSPS) is 19.8. The van der Waals surface area contributed by atoms with Gasteiger partial charge in [-0.2, -0.15) is 4.31 Å². The van der Waals surface area contributed by atoms with Crippen LogP contribution in [0.1, 0.15) is 12.8 Å². The Morgan fingerprint density at radius 3 is 2.91 bits per heavy atom. The Morgan fingerprint density at radius 1 is 1.32 bits per heavy atom. The van der Waals surface area contributed by atoms with Gasteiger partial charge < -0.3 is 9.73 Å². The molecule has 1 aliphatic rings. The van der Waals surface area contributed by atoms with Crippen molar-refractivity contribution in [3.05, 3.63) is 40.8 Å². The number of hydrogen-bond acceptors (Lipinski definition) is 5. The van der Waals surface area contributed by atoms with Crippen LogP contribution in [0.2, 0.25) is 0 Å². The molecule has 0 bridgehead atoms. The second-order valence-corrected chi connectivity index (χ2v) is 7.31. The minimum absolute atomic E-state index is 0.0144. The van der Waals surface area contributed by atoms with E-state index in [1.807, 2.05) is 7.05 Å². The maximum Gasteiger partial charge on any atom is 0.336 e. The van der Waals surface area contributed by atoms with Gasteiger partial charge in [0, 0.05) is 30.6 Å². The van der Waals surface area contributed by atoms with E-state index in [4.69, 9.17) is 4.42 Å². The summed E-state index contributed by atoms with van der Waals surface area (Å²) in [5, 5.41) is 3.65. The largest absolute Gasteiger partial charge is 0.423 e. The van der Waals surface area contributed by atoms with Crippen molar-refractivity contribution in [1.82, 2.24) is 9.62 Å². The van der Waals surface area contributed by atoms with E-state index in [1.165, 1.54) is 18.2 Å². The van der Waals surface area contributed by atoms with Gasteiger partial charge in [-0.25, -0.2) is 13.2 Å². The molecule has 118 valence electrons. The molecule has 6 nitrogen and oxygen atoms in total. The topological polar surface area (TPSA) is 79.6 Å². The first-order valence-corrected chi connectivity index (χ1v) is 8.67. The zero-order valence-electron chi connectivity index (χ0n) is 12.3. The van der Waals surface area contributed by atoms with Crippen molar-refractivity contribution in [2.24, 2.45) is 0 Å². The molecule has 22 heavy (non-hydrogen) atoms. The summed E-state index contributed by atoms with van der Waals surface area (Å²) in [7, 11) is -1.72. The van der Waals surface area contributed by atoms with E-state index in [-0.39, 0.29) is 10.9 Å². The summed E-state index contributed by atoms with van der Waals surface area (Å²) in [6.07, 6.45) is 1.73. The molecular formula is C15H18N2O4S. The second-order valence-electron chi connectivity index (χ2n) is 5.42. The first kappa shape index (κ1) is 15.2. The SMILES string of the molecule is CNCC1CCCN1S(=O)(=O)c1ccc2oc(=O)ccc2c1. The fourth-order valence-electron chi connectivity index (χ4n) is 2.91. The smallest absolute Gasteiger partial charge is 0.336 e. The monoisotopic (exact) mass is 322 g/mol. The molecule has 1 atom stereocenters. The van der Waals surface area contributed by atoms with Crippen LogP contribution in [0.5, 0.6) is 0 Å². The van der Waals surface area contributed by atoms with Gasteiger partial charge in [-0.3, -0.25) is 0 Å². The van der Waals surface area contributed by atoms with Crippen molar-refractivity contribution in [3.8, 4) is 0 Å². The van der Waals surface area contributed by atoms with Crippen LogP contribution in [-0.2, 0) is 10.0 Å². The number of sulfonamides is 1. The number of hydrogen-bond donors (Lipinski definition) is 1. The van der Waals surface area contributed by atoms with E-state index >= 15 is 0 Å². The molecule has 1 saturated heterocycles. The van der Waals surface area contributed by atoms with E-state index in [0.29, 0.717) is 24.1 Å². The zero-order valence-corrected chi connectivity index (χ0v) is 13.1. The van der Waals surface area contributed by atoms with Crippen molar-refractivity contribution in [2.75, 3.05) is 20.1 Å². The minimum Gasteiger partial charge on any atom is -0.423 e. The molecular weight excluding hydrogens is 304 g/mol. The Hall–Kier alpha value is -1.70. The van der Waals surface area contributed by atoms with Gasteiger partial charge in [0.15, 0.2) is 0 Å². The molecule has 1 N–H and O–H groups in total. The highest BCUT2D eigenvalue weighted by atomic mass is 32.2. The average molecular weight is 322 g/mol. The number of fused-ring (bicyclic) bond motifs is 1. The quantitative estimate of drug-likeness (QED) is 0.855. The number of nitrogens with one attached hydrogen (secondary N) is 1. The molecule has 0 radical (unpaired) electrons. The molecule has 0 aliphatic carbocycles. The lowest BCUT2D eigenvalue weighted by molar-refractivity contribution is 0.379. The summed E-state index contributed by atoms with van der Waals surface area (Å²) in [5.74, 6) is 0. The molecule has 1 unspecified atom stereocenters. The Kier molecular flexibility index (Phi) is 4.03. The first-order chi connectivity index (χ1) is 10.5. The van der Waals surface area contributed by atoms with Gasteiger partial charge in [-0.05, 0) is 44.2 Å². The molecule has 3 rings (SSSR count). The minimum atomic E-state index is -3.54. The lowest BCUT2D eigenvalue weighted by Crippen LogP contribution is -2.40. The highest BCUT2D eigenvalue weighted by Crippen LogP contribution is 2.27. The van der Waals surface area contributed by atoms with Crippen molar-refractivity contribution >= 4 is 21.0 Å². The van der Waals surface area contributed by atoms with E-state index in [0.717, 1.165) is 12.8 Å². The van der Waals surface area contributed by atoms with E-state index in [1.54, 1.807) is 16.4 Å². The van der Waals surface area contributed by atoms with Crippen LogP contribution >= 0.6 is 0 Å². The Labute approximate surface area is 128 Å². The fraction of sp³-hybridized carbons (Fsp3) is 0.400. The standard InChI is InChI=1S/C15H18N2O4S/c1-16-10-12-3-2-8-17(12)22(19,20)13-5-6-14-11(9-13)4-7-15(18)21-14/h4-7,9,12,16H,2-3,8,10H2,1H3. The zero-order chi connectivity index (χ0) is 15.7. The summed E-state index contributed by atoms with van der Waals surface area (Å²) in [4.78, 5) is 11.4. The molecule has 0 spiro atoms. The predicted octanol–water partition coefficient (Wildman–Crippen LogP) is 1.17. The number of rotatable bonds is 4. The van der Waals surface area contributed by atoms with Gasteiger partial charge in [0.25, 0.3) is 0 Å². The highest BCUT2D eigenvalue weighted by Gasteiger charge is 2.34. The van der Waals surface area contributed by atoms with Crippen LogP contribution in [-0.4, -0.2) is 38.9 Å². The van der Waals surface area contributed by atoms with Gasteiger partial charge >= 0.3 is 5.63 Å². The Balaban J connectivity index is 2.01. The third kappa shape index (κ3) is 2.67. The maximum atomic E-state index is 12.8. The van der Waals surface area contributed by atoms with Crippen LogP contribution in [0.3, 0.4) is 0 Å². The van der Waals surface area contributed by atoms with Crippen LogP contribution in [0.15, 0.2) is 44.4 Å². The van der Waals surface area contributed by atoms with Crippen molar-refractivity contribution in [3.63, 3.8) is 0 Å². The van der Waals surface area contributed by atoms with Gasteiger partial charge in [0.2, 0.25) is 10.0 Å². The molecule has 7 heteroatoms. The molecule has 1 fully saturated rings. The Bertz CT molecular complexity index is 844. The average Bonchev–Trinajstić information content (AvgIpc) is 2.96. The van der Waals surface area contributed by atoms with Crippen molar-refractivity contribution < 1.29 is 12.8 Å². The Morgan fingerprint density at radius 2 is 2.14 bits per heavy atom. The van der Waals surface area contributed by atoms with Crippen LogP contribution in [0.25, 0.3) is 11.0 Å². The number of likely N-dealkylation sites (N-methyl/N-ethyl adjacent to an activating group) is 1. The molecule has 2 aromatic rings. The highest BCUT2D eigenvalue weighted by molar-refractivity contribution is 7.89. The second kappa shape index (κ2) is 5.83. The van der Waals surface area contributed by atoms with Crippen LogP contribution in [0, 0.1) is 0 Å². The summed E-state index contributed by atoms with van der Waals surface area (Å²) in [5.41, 5.74) is -0.0589.